The molecule has 1 aliphatic carbocycles. The molecule has 0 aliphatic heterocycles. The molecule has 174 valence electrons. The lowest BCUT2D eigenvalue weighted by Gasteiger charge is -2.16. The predicted molar refractivity (Wildman–Crippen MR) is 109 cm³/mol. The van der Waals surface area contributed by atoms with Crippen LogP contribution in [-0.4, -0.2) is 15.9 Å². The van der Waals surface area contributed by atoms with E-state index in [4.69, 9.17) is 5.73 Å². The number of carbonyl (C=O) groups is 1. The Labute approximate surface area is 185 Å². The molecule has 0 fully saturated rings. The number of primary amides is 1. The van der Waals surface area contributed by atoms with Gasteiger partial charge >= 0.3 is 12.4 Å². The Morgan fingerprint density at radius 3 is 2.18 bits per heavy atom. The van der Waals surface area contributed by atoms with Crippen molar-refractivity contribution in [3.05, 3.63) is 82.8 Å². The van der Waals surface area contributed by atoms with Gasteiger partial charge in [-0.25, -0.2) is 0 Å². The number of carbonyl (C=O) groups excluding carboxylic acids is 1. The maximum absolute atomic E-state index is 12.7. The van der Waals surface area contributed by atoms with Gasteiger partial charge < -0.3 is 5.73 Å². The number of fused-ring (bicyclic) bond motifs is 1. The highest BCUT2D eigenvalue weighted by atomic mass is 19.4. The van der Waals surface area contributed by atoms with E-state index in [1.54, 1.807) is 12.3 Å². The molecule has 2 N–H and O–H groups in total. The molecule has 10 heteroatoms. The van der Waals surface area contributed by atoms with E-state index in [1.807, 2.05) is 6.07 Å². The van der Waals surface area contributed by atoms with Crippen LogP contribution in [0.15, 0.2) is 54.9 Å². The Morgan fingerprint density at radius 2 is 1.55 bits per heavy atom. The third-order valence-corrected chi connectivity index (χ3v) is 5.05. The molecule has 0 saturated heterocycles. The number of aryl methyl sites for hydroxylation is 2. The van der Waals surface area contributed by atoms with Crippen molar-refractivity contribution in [3.8, 4) is 11.3 Å². The van der Waals surface area contributed by atoms with E-state index in [0.29, 0.717) is 11.3 Å². The fourth-order valence-electron chi connectivity index (χ4n) is 3.37. The number of amides is 1. The minimum atomic E-state index is -4.44. The molecule has 0 radical (unpaired) electrons. The number of alkyl halides is 6. The molecule has 2 aromatic heterocycles. The number of nitrogens with zero attached hydrogens (tertiary/aromatic N) is 2. The van der Waals surface area contributed by atoms with Crippen LogP contribution >= 0.6 is 0 Å². The predicted octanol–water partition coefficient (Wildman–Crippen LogP) is 5.85. The summed E-state index contributed by atoms with van der Waals surface area (Å²) in [7, 11) is 0. The quantitative estimate of drug-likeness (QED) is 0.481. The van der Waals surface area contributed by atoms with Crippen LogP contribution in [0.3, 0.4) is 0 Å². The van der Waals surface area contributed by atoms with E-state index in [9.17, 15) is 31.1 Å². The Morgan fingerprint density at radius 1 is 0.848 bits per heavy atom. The van der Waals surface area contributed by atoms with Gasteiger partial charge in [0, 0.05) is 23.5 Å². The summed E-state index contributed by atoms with van der Waals surface area (Å²) in [5, 5.41) is 0. The first-order valence-corrected chi connectivity index (χ1v) is 9.93. The van der Waals surface area contributed by atoms with E-state index < -0.39 is 29.5 Å². The lowest BCUT2D eigenvalue weighted by atomic mass is 9.92. The molecule has 1 aromatic carbocycles. The van der Waals surface area contributed by atoms with Gasteiger partial charge in [0.05, 0.1) is 11.3 Å². The average molecular weight is 467 g/mol. The molecule has 0 unspecified atom stereocenters. The molecule has 1 amide bonds. The first-order chi connectivity index (χ1) is 15.4. The van der Waals surface area contributed by atoms with Crippen LogP contribution in [0, 0.1) is 0 Å². The average Bonchev–Trinajstić information content (AvgIpc) is 2.78. The maximum atomic E-state index is 12.7. The minimum Gasteiger partial charge on any atom is -0.366 e. The van der Waals surface area contributed by atoms with Crippen molar-refractivity contribution in [1.82, 2.24) is 9.97 Å². The van der Waals surface area contributed by atoms with Crippen LogP contribution in [0.5, 0.6) is 0 Å². The third kappa shape index (κ3) is 6.30. The van der Waals surface area contributed by atoms with E-state index in [2.05, 4.69) is 9.97 Å². The third-order valence-electron chi connectivity index (χ3n) is 5.05. The van der Waals surface area contributed by atoms with Gasteiger partial charge in [-0.3, -0.25) is 14.8 Å². The minimum absolute atomic E-state index is 0.144. The highest BCUT2D eigenvalue weighted by Gasteiger charge is 2.32. The zero-order valence-electron chi connectivity index (χ0n) is 17.2. The number of benzene rings is 1. The number of hydrogen-bond donors (Lipinski definition) is 1. The standard InChI is InChI=1S/C15H13F3N2.C8H6F3NO/c16-15(17,18)14-8-11(5-6-19-14)13-7-10-3-1-2-4-12(10)9-20-13;9-8(10,11)6-3-1-2-5(4-6)7(12)13/h5-9H,1-4H2;1-4H,(H2,12,13). The van der Waals surface area contributed by atoms with Crippen molar-refractivity contribution in [2.45, 2.75) is 38.0 Å². The smallest absolute Gasteiger partial charge is 0.366 e. The second-order valence-corrected chi connectivity index (χ2v) is 7.42. The zero-order valence-corrected chi connectivity index (χ0v) is 17.2. The Hall–Kier alpha value is -3.43. The second kappa shape index (κ2) is 9.60. The molecule has 2 heterocycles. The lowest BCUT2D eigenvalue weighted by molar-refractivity contribution is -0.141. The summed E-state index contributed by atoms with van der Waals surface area (Å²) in [6.07, 6.45) is -1.64. The normalized spacial score (nSPS) is 13.5. The Kier molecular flexibility index (Phi) is 7.04. The van der Waals surface area contributed by atoms with Crippen molar-refractivity contribution in [1.29, 1.82) is 0 Å². The van der Waals surface area contributed by atoms with Crippen molar-refractivity contribution >= 4 is 5.91 Å². The fraction of sp³-hybridized carbons (Fsp3) is 0.261. The van der Waals surface area contributed by atoms with Gasteiger partial charge in [-0.15, -0.1) is 0 Å². The van der Waals surface area contributed by atoms with Crippen LogP contribution < -0.4 is 5.73 Å². The zero-order chi connectivity index (χ0) is 24.2. The fourth-order valence-corrected chi connectivity index (χ4v) is 3.37. The second-order valence-electron chi connectivity index (χ2n) is 7.42. The number of aromatic nitrogens is 2. The highest BCUT2D eigenvalue weighted by molar-refractivity contribution is 5.92. The molecule has 0 spiro atoms. The van der Waals surface area contributed by atoms with Crippen molar-refractivity contribution in [2.24, 2.45) is 5.73 Å². The molecule has 0 atom stereocenters. The molecule has 0 bridgehead atoms. The van der Waals surface area contributed by atoms with Gasteiger partial charge in [-0.1, -0.05) is 6.07 Å². The van der Waals surface area contributed by atoms with Gasteiger partial charge in [0.2, 0.25) is 5.91 Å². The van der Waals surface area contributed by atoms with Gasteiger partial charge in [0.1, 0.15) is 5.69 Å². The monoisotopic (exact) mass is 467 g/mol. The highest BCUT2D eigenvalue weighted by Crippen LogP contribution is 2.31. The van der Waals surface area contributed by atoms with Crippen LogP contribution in [0.4, 0.5) is 26.3 Å². The van der Waals surface area contributed by atoms with Crippen LogP contribution in [0.1, 0.15) is 45.6 Å². The maximum Gasteiger partial charge on any atom is 0.433 e. The summed E-state index contributed by atoms with van der Waals surface area (Å²) < 4.78 is 74.3. The van der Waals surface area contributed by atoms with Gasteiger partial charge in [-0.05, 0) is 73.2 Å². The van der Waals surface area contributed by atoms with E-state index in [0.717, 1.165) is 49.9 Å². The molecule has 3 aromatic rings. The SMILES string of the molecule is FC(F)(F)c1cc(-c2cc3c(cn2)CCCC3)ccn1.NC(=O)c1cccc(C(F)(F)F)c1. The number of rotatable bonds is 2. The van der Waals surface area contributed by atoms with E-state index in [-0.39, 0.29) is 5.56 Å². The largest absolute Gasteiger partial charge is 0.433 e. The number of pyridine rings is 2. The summed E-state index contributed by atoms with van der Waals surface area (Å²) in [5.41, 5.74) is 6.38. The van der Waals surface area contributed by atoms with Crippen molar-refractivity contribution in [2.75, 3.05) is 0 Å². The Bertz CT molecular complexity index is 1140. The van der Waals surface area contributed by atoms with Crippen molar-refractivity contribution in [3.63, 3.8) is 0 Å². The molecule has 4 nitrogen and oxygen atoms in total. The van der Waals surface area contributed by atoms with E-state index >= 15 is 0 Å². The lowest BCUT2D eigenvalue weighted by Crippen LogP contribution is -2.13. The number of nitrogens with two attached hydrogens (primary N) is 1. The molecular weight excluding hydrogens is 448 g/mol. The van der Waals surface area contributed by atoms with Gasteiger partial charge in [-0.2, -0.15) is 26.3 Å². The molecule has 4 rings (SSSR count). The summed E-state index contributed by atoms with van der Waals surface area (Å²) in [6, 6.07) is 8.50. The summed E-state index contributed by atoms with van der Waals surface area (Å²) >= 11 is 0. The van der Waals surface area contributed by atoms with Gasteiger partial charge in [0.25, 0.3) is 0 Å². The molecular formula is C23H19F6N3O. The van der Waals surface area contributed by atoms with Gasteiger partial charge in [0.15, 0.2) is 0 Å². The number of halogens is 6. The van der Waals surface area contributed by atoms with Crippen molar-refractivity contribution < 1.29 is 31.1 Å². The summed E-state index contributed by atoms with van der Waals surface area (Å²) in [6.45, 7) is 0. The molecule has 33 heavy (non-hydrogen) atoms. The topological polar surface area (TPSA) is 68.9 Å². The van der Waals surface area contributed by atoms with Crippen LogP contribution in [0.2, 0.25) is 0 Å². The van der Waals surface area contributed by atoms with Crippen LogP contribution in [0.25, 0.3) is 11.3 Å². The number of hydrogen-bond acceptors (Lipinski definition) is 3. The molecule has 1 aliphatic rings. The molecule has 0 saturated carbocycles. The first kappa shape index (κ1) is 24.2. The van der Waals surface area contributed by atoms with Crippen LogP contribution in [-0.2, 0) is 25.2 Å². The van der Waals surface area contributed by atoms with E-state index in [1.165, 1.54) is 23.4 Å². The first-order valence-electron chi connectivity index (χ1n) is 9.93. The Balaban J connectivity index is 0.000000205. The summed E-state index contributed by atoms with van der Waals surface area (Å²) in [5.74, 6) is -0.869. The summed E-state index contributed by atoms with van der Waals surface area (Å²) in [4.78, 5) is 18.2.